The van der Waals surface area contributed by atoms with Crippen LogP contribution in [0.1, 0.15) is 19.3 Å². The maximum Gasteiger partial charge on any atom is 0.227 e. The van der Waals surface area contributed by atoms with Crippen LogP contribution in [0.25, 0.3) is 0 Å². The zero-order valence-electron chi connectivity index (χ0n) is 13.0. The summed E-state index contributed by atoms with van der Waals surface area (Å²) < 4.78 is 32.1. The van der Waals surface area contributed by atoms with Gasteiger partial charge < -0.3 is 15.8 Å². The summed E-state index contributed by atoms with van der Waals surface area (Å²) in [6.45, 7) is 0. The summed E-state index contributed by atoms with van der Waals surface area (Å²) in [6, 6.07) is 9.75. The van der Waals surface area contributed by atoms with Crippen molar-refractivity contribution in [2.24, 2.45) is 11.7 Å². The number of hydrogen-bond acceptors (Lipinski definition) is 3. The van der Waals surface area contributed by atoms with Crippen LogP contribution in [0.15, 0.2) is 42.5 Å². The van der Waals surface area contributed by atoms with Gasteiger partial charge in [0.15, 0.2) is 5.75 Å². The van der Waals surface area contributed by atoms with E-state index >= 15 is 0 Å². The number of hydrogen-bond donors (Lipinski definition) is 2. The molecule has 0 bridgehead atoms. The van der Waals surface area contributed by atoms with Crippen LogP contribution in [-0.4, -0.2) is 11.9 Å². The van der Waals surface area contributed by atoms with Gasteiger partial charge in [-0.2, -0.15) is 0 Å². The zero-order chi connectivity index (χ0) is 17.1. The lowest BCUT2D eigenvalue weighted by Crippen LogP contribution is -2.23. The van der Waals surface area contributed by atoms with Crippen molar-refractivity contribution < 1.29 is 18.3 Å². The Labute approximate surface area is 138 Å². The highest BCUT2D eigenvalue weighted by Crippen LogP contribution is 2.32. The molecule has 1 fully saturated rings. The largest absolute Gasteiger partial charge is 0.455 e. The van der Waals surface area contributed by atoms with Crippen LogP contribution in [0.4, 0.5) is 14.5 Å². The van der Waals surface area contributed by atoms with Crippen LogP contribution >= 0.6 is 0 Å². The molecule has 1 aliphatic rings. The van der Waals surface area contributed by atoms with Gasteiger partial charge in [-0.3, -0.25) is 4.79 Å². The summed E-state index contributed by atoms with van der Waals surface area (Å²) in [5.41, 5.74) is 6.29. The molecule has 1 aliphatic carbocycles. The normalized spacial score (nSPS) is 20.0. The van der Waals surface area contributed by atoms with Gasteiger partial charge in [0.05, 0.1) is 5.69 Å². The fourth-order valence-corrected chi connectivity index (χ4v) is 2.86. The number of nitrogens with one attached hydrogen (secondary N) is 1. The molecule has 0 aromatic heterocycles. The highest BCUT2D eigenvalue weighted by molar-refractivity contribution is 5.94. The SMILES string of the molecule is NC1CCC(C(=O)Nc2ccccc2Oc2cc(F)cc(F)c2)C1. The van der Waals surface area contributed by atoms with E-state index in [0.29, 0.717) is 17.9 Å². The average Bonchev–Trinajstić information content (AvgIpc) is 2.95. The van der Waals surface area contributed by atoms with Gasteiger partial charge in [-0.1, -0.05) is 12.1 Å². The van der Waals surface area contributed by atoms with E-state index in [0.717, 1.165) is 31.0 Å². The van der Waals surface area contributed by atoms with Crippen molar-refractivity contribution in [3.63, 3.8) is 0 Å². The van der Waals surface area contributed by atoms with Gasteiger partial charge in [-0.05, 0) is 31.4 Å². The Hall–Kier alpha value is -2.47. The highest BCUT2D eigenvalue weighted by Gasteiger charge is 2.28. The molecule has 0 aliphatic heterocycles. The maximum atomic E-state index is 13.3. The fourth-order valence-electron chi connectivity index (χ4n) is 2.86. The summed E-state index contributed by atoms with van der Waals surface area (Å²) in [5.74, 6) is -1.36. The second kappa shape index (κ2) is 6.97. The number of benzene rings is 2. The standard InChI is InChI=1S/C18H18F2N2O2/c19-12-8-13(20)10-15(9-12)24-17-4-2-1-3-16(17)22-18(23)11-5-6-14(21)7-11/h1-4,8-11,14H,5-7,21H2,(H,22,23). The molecule has 24 heavy (non-hydrogen) atoms. The minimum Gasteiger partial charge on any atom is -0.455 e. The second-order valence-electron chi connectivity index (χ2n) is 5.96. The first kappa shape index (κ1) is 16.4. The van der Waals surface area contributed by atoms with E-state index in [-0.39, 0.29) is 23.6 Å². The van der Waals surface area contributed by atoms with Crippen molar-refractivity contribution in [1.82, 2.24) is 0 Å². The third kappa shape index (κ3) is 3.89. The number of anilines is 1. The number of rotatable bonds is 4. The van der Waals surface area contributed by atoms with E-state index in [9.17, 15) is 13.6 Å². The van der Waals surface area contributed by atoms with Crippen molar-refractivity contribution in [2.45, 2.75) is 25.3 Å². The molecule has 1 amide bonds. The molecule has 0 heterocycles. The van der Waals surface area contributed by atoms with Gasteiger partial charge in [0, 0.05) is 30.2 Å². The molecular weight excluding hydrogens is 314 g/mol. The van der Waals surface area contributed by atoms with Crippen LogP contribution < -0.4 is 15.8 Å². The lowest BCUT2D eigenvalue weighted by molar-refractivity contribution is -0.119. The molecule has 2 aromatic carbocycles. The van der Waals surface area contributed by atoms with Crippen LogP contribution in [0, 0.1) is 17.6 Å². The third-order valence-electron chi connectivity index (χ3n) is 4.05. The molecule has 1 saturated carbocycles. The lowest BCUT2D eigenvalue weighted by Gasteiger charge is -2.15. The number of carbonyl (C=O) groups excluding carboxylic acids is 1. The van der Waals surface area contributed by atoms with Crippen LogP contribution in [0.3, 0.4) is 0 Å². The molecule has 126 valence electrons. The van der Waals surface area contributed by atoms with Crippen molar-refractivity contribution in [3.8, 4) is 11.5 Å². The third-order valence-corrected chi connectivity index (χ3v) is 4.05. The molecular formula is C18H18F2N2O2. The number of amides is 1. The Bertz CT molecular complexity index is 731. The molecule has 2 atom stereocenters. The molecule has 3 N–H and O–H groups in total. The van der Waals surface area contributed by atoms with Gasteiger partial charge in [-0.25, -0.2) is 8.78 Å². The fraction of sp³-hybridized carbons (Fsp3) is 0.278. The van der Waals surface area contributed by atoms with Gasteiger partial charge >= 0.3 is 0 Å². The molecule has 2 unspecified atom stereocenters. The van der Waals surface area contributed by atoms with Crippen molar-refractivity contribution in [3.05, 3.63) is 54.1 Å². The molecule has 4 nitrogen and oxygen atoms in total. The Morgan fingerprint density at radius 1 is 1.12 bits per heavy atom. The first-order valence-electron chi connectivity index (χ1n) is 7.80. The smallest absolute Gasteiger partial charge is 0.227 e. The summed E-state index contributed by atoms with van der Waals surface area (Å²) in [4.78, 5) is 12.3. The first-order valence-corrected chi connectivity index (χ1v) is 7.80. The van der Waals surface area contributed by atoms with E-state index in [4.69, 9.17) is 10.5 Å². The Balaban J connectivity index is 1.76. The Morgan fingerprint density at radius 3 is 2.50 bits per heavy atom. The van der Waals surface area contributed by atoms with Crippen molar-refractivity contribution in [2.75, 3.05) is 5.32 Å². The van der Waals surface area contributed by atoms with Gasteiger partial charge in [-0.15, -0.1) is 0 Å². The Kier molecular flexibility index (Phi) is 4.76. The topological polar surface area (TPSA) is 64.4 Å². The minimum absolute atomic E-state index is 0.0251. The van der Waals surface area contributed by atoms with Gasteiger partial charge in [0.2, 0.25) is 5.91 Å². The lowest BCUT2D eigenvalue weighted by atomic mass is 10.1. The van der Waals surface area contributed by atoms with Crippen LogP contribution in [-0.2, 0) is 4.79 Å². The average molecular weight is 332 g/mol. The Morgan fingerprint density at radius 2 is 1.83 bits per heavy atom. The second-order valence-corrected chi connectivity index (χ2v) is 5.96. The highest BCUT2D eigenvalue weighted by atomic mass is 19.1. The van der Waals surface area contributed by atoms with Gasteiger partial charge in [0.25, 0.3) is 0 Å². The van der Waals surface area contributed by atoms with E-state index in [1.54, 1.807) is 24.3 Å². The van der Waals surface area contributed by atoms with E-state index < -0.39 is 11.6 Å². The number of ether oxygens (including phenoxy) is 1. The van der Waals surface area contributed by atoms with Crippen LogP contribution in [0.5, 0.6) is 11.5 Å². The van der Waals surface area contributed by atoms with E-state index in [1.807, 2.05) is 0 Å². The summed E-state index contributed by atoms with van der Waals surface area (Å²) in [5, 5.41) is 2.82. The summed E-state index contributed by atoms with van der Waals surface area (Å²) in [6.07, 6.45) is 2.24. The molecule has 0 saturated heterocycles. The number of carbonyl (C=O) groups is 1. The monoisotopic (exact) mass is 332 g/mol. The number of halogens is 2. The van der Waals surface area contributed by atoms with Gasteiger partial charge in [0.1, 0.15) is 17.4 Å². The zero-order valence-corrected chi connectivity index (χ0v) is 13.0. The number of para-hydroxylation sites is 2. The van der Waals surface area contributed by atoms with E-state index in [2.05, 4.69) is 5.32 Å². The molecule has 2 aromatic rings. The first-order chi connectivity index (χ1) is 11.5. The van der Waals surface area contributed by atoms with Crippen LogP contribution in [0.2, 0.25) is 0 Å². The molecule has 6 heteroatoms. The predicted octanol–water partition coefficient (Wildman–Crippen LogP) is 3.82. The van der Waals surface area contributed by atoms with Crippen molar-refractivity contribution in [1.29, 1.82) is 0 Å². The molecule has 0 spiro atoms. The molecule has 0 radical (unpaired) electrons. The van der Waals surface area contributed by atoms with E-state index in [1.165, 1.54) is 0 Å². The summed E-state index contributed by atoms with van der Waals surface area (Å²) >= 11 is 0. The van der Waals surface area contributed by atoms with Crippen molar-refractivity contribution >= 4 is 11.6 Å². The summed E-state index contributed by atoms with van der Waals surface area (Å²) in [7, 11) is 0. The minimum atomic E-state index is -0.730. The number of nitrogens with two attached hydrogens (primary N) is 1. The maximum absolute atomic E-state index is 13.3. The quantitative estimate of drug-likeness (QED) is 0.894. The predicted molar refractivity (Wildman–Crippen MR) is 86.8 cm³/mol. The molecule has 3 rings (SSSR count).